The summed E-state index contributed by atoms with van der Waals surface area (Å²) >= 11 is 0. The Bertz CT molecular complexity index is 748. The molecule has 0 aliphatic carbocycles. The Morgan fingerprint density at radius 2 is 2.18 bits per heavy atom. The summed E-state index contributed by atoms with van der Waals surface area (Å²) in [4.78, 5) is 15.1. The number of pyridine rings is 1. The fourth-order valence-electron chi connectivity index (χ4n) is 2.03. The molecule has 112 valence electrons. The molecule has 2 aromatic rings. The number of esters is 1. The smallest absolute Gasteiger partial charge is 0.384 e. The van der Waals surface area contributed by atoms with E-state index >= 15 is 0 Å². The molecule has 4 nitrogen and oxygen atoms in total. The lowest BCUT2D eigenvalue weighted by Crippen LogP contribution is -1.94. The van der Waals surface area contributed by atoms with Crippen LogP contribution in [0, 0.1) is 11.8 Å². The Morgan fingerprint density at radius 1 is 1.36 bits per heavy atom. The first kappa shape index (κ1) is 15.6. The van der Waals surface area contributed by atoms with Crippen molar-refractivity contribution in [2.75, 3.05) is 7.11 Å². The molecule has 0 aliphatic rings. The summed E-state index contributed by atoms with van der Waals surface area (Å²) < 4.78 is 4.42. The SMILES string of the molecule is COC(=O)C#CCCC/C(O)=C/c1nccc2ccccc12. The van der Waals surface area contributed by atoms with E-state index in [1.54, 1.807) is 12.3 Å². The largest absolute Gasteiger partial charge is 0.512 e. The lowest BCUT2D eigenvalue weighted by Gasteiger charge is -2.02. The van der Waals surface area contributed by atoms with Crippen molar-refractivity contribution in [1.82, 2.24) is 4.98 Å². The van der Waals surface area contributed by atoms with Gasteiger partial charge in [0.2, 0.25) is 0 Å². The van der Waals surface area contributed by atoms with Crippen LogP contribution in [0.25, 0.3) is 16.8 Å². The number of carbonyl (C=O) groups excluding carboxylic acids is 1. The standard InChI is InChI=1S/C18H17NO3/c1-22-18(21)10-4-2-3-8-15(20)13-17-16-9-6-5-7-14(16)11-12-19-17/h5-7,9,11-13,20H,2-3,8H2,1H3/b15-13-. The first-order valence-electron chi connectivity index (χ1n) is 7.01. The van der Waals surface area contributed by atoms with Crippen LogP contribution in [0.3, 0.4) is 0 Å². The van der Waals surface area contributed by atoms with E-state index in [2.05, 4.69) is 21.6 Å². The fraction of sp³-hybridized carbons (Fsp3) is 0.222. The van der Waals surface area contributed by atoms with Gasteiger partial charge in [-0.1, -0.05) is 30.2 Å². The zero-order chi connectivity index (χ0) is 15.8. The summed E-state index contributed by atoms with van der Waals surface area (Å²) in [5, 5.41) is 12.1. The Labute approximate surface area is 129 Å². The van der Waals surface area contributed by atoms with Gasteiger partial charge in [0.25, 0.3) is 0 Å². The molecule has 0 fully saturated rings. The average Bonchev–Trinajstić information content (AvgIpc) is 2.54. The van der Waals surface area contributed by atoms with Crippen LogP contribution in [0.5, 0.6) is 0 Å². The van der Waals surface area contributed by atoms with E-state index in [1.165, 1.54) is 7.11 Å². The molecular weight excluding hydrogens is 278 g/mol. The van der Waals surface area contributed by atoms with Gasteiger partial charge in [-0.2, -0.15) is 0 Å². The summed E-state index contributed by atoms with van der Waals surface area (Å²) in [6.45, 7) is 0. The summed E-state index contributed by atoms with van der Waals surface area (Å²) in [5.41, 5.74) is 0.747. The van der Waals surface area contributed by atoms with Crippen molar-refractivity contribution in [3.8, 4) is 11.8 Å². The molecule has 2 rings (SSSR count). The van der Waals surface area contributed by atoms with Gasteiger partial charge in [0.15, 0.2) is 0 Å². The van der Waals surface area contributed by atoms with E-state index in [-0.39, 0.29) is 5.76 Å². The number of allylic oxidation sites excluding steroid dienone is 1. The molecule has 0 atom stereocenters. The monoisotopic (exact) mass is 295 g/mol. The minimum atomic E-state index is -0.542. The highest BCUT2D eigenvalue weighted by Crippen LogP contribution is 2.19. The van der Waals surface area contributed by atoms with Crippen LogP contribution in [0.1, 0.15) is 25.0 Å². The predicted octanol–water partition coefficient (Wildman–Crippen LogP) is 3.48. The van der Waals surface area contributed by atoms with Crippen molar-refractivity contribution in [2.45, 2.75) is 19.3 Å². The number of fused-ring (bicyclic) bond motifs is 1. The van der Waals surface area contributed by atoms with E-state index in [0.717, 1.165) is 16.5 Å². The van der Waals surface area contributed by atoms with Crippen LogP contribution >= 0.6 is 0 Å². The van der Waals surface area contributed by atoms with Crippen LogP contribution in [-0.2, 0) is 9.53 Å². The number of aliphatic hydroxyl groups is 1. The Kier molecular flexibility index (Phi) is 5.56. The van der Waals surface area contributed by atoms with Gasteiger partial charge < -0.3 is 9.84 Å². The van der Waals surface area contributed by atoms with E-state index < -0.39 is 5.97 Å². The van der Waals surface area contributed by atoms with Crippen molar-refractivity contribution in [3.63, 3.8) is 0 Å². The summed E-state index contributed by atoms with van der Waals surface area (Å²) in [6, 6.07) is 9.83. The molecule has 4 heteroatoms. The molecule has 1 N–H and O–H groups in total. The van der Waals surface area contributed by atoms with E-state index in [4.69, 9.17) is 0 Å². The summed E-state index contributed by atoms with van der Waals surface area (Å²) in [6.07, 6.45) is 5.08. The zero-order valence-electron chi connectivity index (χ0n) is 12.4. The van der Waals surface area contributed by atoms with E-state index in [1.807, 2.05) is 30.3 Å². The Balaban J connectivity index is 1.99. The van der Waals surface area contributed by atoms with Crippen LogP contribution in [0.2, 0.25) is 0 Å². The number of aromatic nitrogens is 1. The molecular formula is C18H17NO3. The normalized spacial score (nSPS) is 10.9. The maximum absolute atomic E-state index is 10.8. The number of hydrogen-bond donors (Lipinski definition) is 1. The average molecular weight is 295 g/mol. The molecule has 22 heavy (non-hydrogen) atoms. The predicted molar refractivity (Wildman–Crippen MR) is 86.0 cm³/mol. The highest BCUT2D eigenvalue weighted by atomic mass is 16.5. The molecule has 1 aromatic carbocycles. The number of nitrogens with zero attached hydrogens (tertiary/aromatic N) is 1. The minimum Gasteiger partial charge on any atom is -0.512 e. The number of methoxy groups -OCH3 is 1. The van der Waals surface area contributed by atoms with E-state index in [0.29, 0.717) is 19.3 Å². The van der Waals surface area contributed by atoms with Crippen LogP contribution in [0.15, 0.2) is 42.3 Å². The van der Waals surface area contributed by atoms with Crippen molar-refractivity contribution < 1.29 is 14.6 Å². The van der Waals surface area contributed by atoms with Gasteiger partial charge in [-0.05, 0) is 17.9 Å². The van der Waals surface area contributed by atoms with Gasteiger partial charge >= 0.3 is 5.97 Å². The number of benzene rings is 1. The Hall–Kier alpha value is -2.80. The minimum absolute atomic E-state index is 0.253. The quantitative estimate of drug-likeness (QED) is 0.308. The third-order valence-electron chi connectivity index (χ3n) is 3.12. The first-order valence-corrected chi connectivity index (χ1v) is 7.01. The number of unbranched alkanes of at least 4 members (excludes halogenated alkanes) is 1. The lowest BCUT2D eigenvalue weighted by molar-refractivity contribution is -0.133. The maximum atomic E-state index is 10.8. The third-order valence-corrected chi connectivity index (χ3v) is 3.12. The molecule has 0 aliphatic heterocycles. The summed E-state index contributed by atoms with van der Waals surface area (Å²) in [5.74, 6) is 4.77. The van der Waals surface area contributed by atoms with Crippen molar-refractivity contribution >= 4 is 22.8 Å². The number of ether oxygens (including phenoxy) is 1. The van der Waals surface area contributed by atoms with Gasteiger partial charge in [0.1, 0.15) is 0 Å². The molecule has 0 saturated carbocycles. The van der Waals surface area contributed by atoms with Gasteiger partial charge in [-0.25, -0.2) is 4.79 Å². The molecule has 0 saturated heterocycles. The number of hydrogen-bond acceptors (Lipinski definition) is 4. The van der Waals surface area contributed by atoms with Crippen molar-refractivity contribution in [1.29, 1.82) is 0 Å². The van der Waals surface area contributed by atoms with Crippen LogP contribution in [0.4, 0.5) is 0 Å². The second-order valence-electron chi connectivity index (χ2n) is 4.70. The number of aliphatic hydroxyl groups excluding tert-OH is 1. The highest BCUT2D eigenvalue weighted by Gasteiger charge is 2.01. The molecule has 0 bridgehead atoms. The van der Waals surface area contributed by atoms with Gasteiger partial charge in [-0.3, -0.25) is 4.98 Å². The lowest BCUT2D eigenvalue weighted by atomic mass is 10.1. The number of rotatable bonds is 4. The van der Waals surface area contributed by atoms with Crippen LogP contribution in [-0.4, -0.2) is 23.2 Å². The second kappa shape index (κ2) is 7.84. The molecule has 0 spiro atoms. The van der Waals surface area contributed by atoms with Gasteiger partial charge in [-0.15, -0.1) is 0 Å². The molecule has 0 amide bonds. The van der Waals surface area contributed by atoms with Gasteiger partial charge in [0, 0.05) is 36.4 Å². The molecule has 1 aromatic heterocycles. The molecule has 0 unspecified atom stereocenters. The maximum Gasteiger partial charge on any atom is 0.384 e. The highest BCUT2D eigenvalue weighted by molar-refractivity contribution is 5.89. The summed E-state index contributed by atoms with van der Waals surface area (Å²) in [7, 11) is 1.29. The van der Waals surface area contributed by atoms with Crippen molar-refractivity contribution in [3.05, 3.63) is 48.0 Å². The van der Waals surface area contributed by atoms with Gasteiger partial charge in [0.05, 0.1) is 18.6 Å². The third kappa shape index (κ3) is 4.35. The van der Waals surface area contributed by atoms with Crippen LogP contribution < -0.4 is 0 Å². The number of carbonyl (C=O) groups is 1. The first-order chi connectivity index (χ1) is 10.7. The topological polar surface area (TPSA) is 59.4 Å². The van der Waals surface area contributed by atoms with Crippen molar-refractivity contribution in [2.24, 2.45) is 0 Å². The van der Waals surface area contributed by atoms with E-state index in [9.17, 15) is 9.90 Å². The molecule has 1 heterocycles. The fourth-order valence-corrected chi connectivity index (χ4v) is 2.03. The Morgan fingerprint density at radius 3 is 3.00 bits per heavy atom. The zero-order valence-corrected chi connectivity index (χ0v) is 12.4. The second-order valence-corrected chi connectivity index (χ2v) is 4.70. The molecule has 0 radical (unpaired) electrons.